The van der Waals surface area contributed by atoms with E-state index < -0.39 is 38.5 Å². The molecule has 0 bridgehead atoms. The molecular formula is C14H16F4N2O3S. The molecule has 1 amide bonds. The van der Waals surface area contributed by atoms with Gasteiger partial charge in [-0.25, -0.2) is 17.5 Å². The molecule has 1 N–H and O–H groups in total. The fraction of sp³-hybridized carbons (Fsp3) is 0.500. The van der Waals surface area contributed by atoms with E-state index in [2.05, 4.69) is 4.72 Å². The lowest BCUT2D eigenvalue weighted by Gasteiger charge is -2.21. The number of hydrogen-bond donors (Lipinski definition) is 1. The Bertz CT molecular complexity index is 734. The maximum Gasteiger partial charge on any atom is 0.419 e. The largest absolute Gasteiger partial charge is 0.419 e. The van der Waals surface area contributed by atoms with Crippen LogP contribution in [-0.2, 0) is 21.0 Å². The lowest BCUT2D eigenvalue weighted by Crippen LogP contribution is -2.42. The quantitative estimate of drug-likeness (QED) is 0.810. The summed E-state index contributed by atoms with van der Waals surface area (Å²) in [4.78, 5) is 12.3. The molecule has 0 aromatic heterocycles. The van der Waals surface area contributed by atoms with Gasteiger partial charge in [0, 0.05) is 25.6 Å². The average Bonchev–Trinajstić information content (AvgIpc) is 2.82. The summed E-state index contributed by atoms with van der Waals surface area (Å²) < 4.78 is 77.9. The summed E-state index contributed by atoms with van der Waals surface area (Å²) in [7, 11) is -4.27. The molecule has 10 heteroatoms. The summed E-state index contributed by atoms with van der Waals surface area (Å²) in [6, 6.07) is 0.786. The number of hydrogen-bond acceptors (Lipinski definition) is 3. The zero-order valence-electron chi connectivity index (χ0n) is 12.7. The molecule has 24 heavy (non-hydrogen) atoms. The summed E-state index contributed by atoms with van der Waals surface area (Å²) in [5.41, 5.74) is -1.65. The minimum absolute atomic E-state index is 0.0952. The van der Waals surface area contributed by atoms with Gasteiger partial charge < -0.3 is 4.90 Å². The Morgan fingerprint density at radius 3 is 2.54 bits per heavy atom. The van der Waals surface area contributed by atoms with Crippen molar-refractivity contribution >= 4 is 15.9 Å². The van der Waals surface area contributed by atoms with E-state index in [1.165, 1.54) is 11.8 Å². The molecule has 1 aromatic rings. The van der Waals surface area contributed by atoms with Crippen molar-refractivity contribution in [3.63, 3.8) is 0 Å². The smallest absolute Gasteiger partial charge is 0.341 e. The van der Waals surface area contributed by atoms with Gasteiger partial charge >= 0.3 is 6.18 Å². The van der Waals surface area contributed by atoms with Crippen LogP contribution in [0.4, 0.5) is 17.6 Å². The molecule has 1 heterocycles. The summed E-state index contributed by atoms with van der Waals surface area (Å²) in [6.07, 6.45) is -3.92. The van der Waals surface area contributed by atoms with Crippen LogP contribution in [0.3, 0.4) is 0 Å². The molecule has 0 aliphatic carbocycles. The van der Waals surface area contributed by atoms with Gasteiger partial charge in [-0.05, 0) is 31.5 Å². The van der Waals surface area contributed by atoms with Gasteiger partial charge in [0.05, 0.1) is 10.5 Å². The maximum absolute atomic E-state index is 13.3. The number of halogens is 4. The molecular weight excluding hydrogens is 352 g/mol. The van der Waals surface area contributed by atoms with Crippen LogP contribution in [0.5, 0.6) is 0 Å². The van der Waals surface area contributed by atoms with Gasteiger partial charge in [0.15, 0.2) is 0 Å². The number of rotatable bonds is 5. The molecule has 2 rings (SSSR count). The number of nitrogens with one attached hydrogen (secondary N) is 1. The fourth-order valence-corrected chi connectivity index (χ4v) is 3.75. The van der Waals surface area contributed by atoms with Gasteiger partial charge in [0.1, 0.15) is 5.82 Å². The number of nitrogens with zero attached hydrogens (tertiary/aromatic N) is 1. The Labute approximate surface area is 136 Å². The van der Waals surface area contributed by atoms with Gasteiger partial charge in [-0.15, -0.1) is 0 Å². The van der Waals surface area contributed by atoms with Crippen LogP contribution in [0.25, 0.3) is 0 Å². The highest BCUT2D eigenvalue weighted by atomic mass is 32.2. The van der Waals surface area contributed by atoms with Crippen LogP contribution in [0.2, 0.25) is 0 Å². The Morgan fingerprint density at radius 2 is 2.00 bits per heavy atom. The maximum atomic E-state index is 13.3. The van der Waals surface area contributed by atoms with Crippen LogP contribution in [0.1, 0.15) is 25.3 Å². The lowest BCUT2D eigenvalue weighted by molar-refractivity contribution is -0.140. The first-order valence-corrected chi connectivity index (χ1v) is 8.66. The normalized spacial score (nSPS) is 17.4. The van der Waals surface area contributed by atoms with Gasteiger partial charge in [-0.1, -0.05) is 0 Å². The van der Waals surface area contributed by atoms with Crippen LogP contribution in [-0.4, -0.2) is 38.4 Å². The molecule has 1 fully saturated rings. The SMILES string of the molecule is C[C@H](CN1CCCC1=O)NS(=O)(=O)c1ccc(F)c(C(F)(F)F)c1. The molecule has 1 aromatic carbocycles. The van der Waals surface area contributed by atoms with Crippen LogP contribution < -0.4 is 4.72 Å². The first-order chi connectivity index (χ1) is 11.0. The topological polar surface area (TPSA) is 66.5 Å². The highest BCUT2D eigenvalue weighted by Gasteiger charge is 2.35. The van der Waals surface area contributed by atoms with Gasteiger partial charge in [0.2, 0.25) is 15.9 Å². The van der Waals surface area contributed by atoms with Crippen LogP contribution in [0.15, 0.2) is 23.1 Å². The van der Waals surface area contributed by atoms with Gasteiger partial charge in [-0.2, -0.15) is 13.2 Å². The number of amides is 1. The summed E-state index contributed by atoms with van der Waals surface area (Å²) in [6.45, 7) is 2.13. The van der Waals surface area contributed by atoms with Crippen LogP contribution in [0, 0.1) is 5.82 Å². The number of likely N-dealkylation sites (tertiary alicyclic amines) is 1. The highest BCUT2D eigenvalue weighted by molar-refractivity contribution is 7.89. The van der Waals surface area contributed by atoms with E-state index in [0.29, 0.717) is 25.5 Å². The molecule has 5 nitrogen and oxygen atoms in total. The van der Waals surface area contributed by atoms with E-state index in [-0.39, 0.29) is 18.5 Å². The first-order valence-electron chi connectivity index (χ1n) is 7.17. The van der Waals surface area contributed by atoms with Crippen molar-refractivity contribution in [2.45, 2.75) is 36.9 Å². The Balaban J connectivity index is 2.16. The summed E-state index contributed by atoms with van der Waals surface area (Å²) in [5.74, 6) is -1.64. The molecule has 134 valence electrons. The second kappa shape index (κ2) is 6.67. The number of carbonyl (C=O) groups is 1. The summed E-state index contributed by atoms with van der Waals surface area (Å²) in [5, 5.41) is 0. The highest BCUT2D eigenvalue weighted by Crippen LogP contribution is 2.32. The Morgan fingerprint density at radius 1 is 1.33 bits per heavy atom. The van der Waals surface area contributed by atoms with E-state index in [9.17, 15) is 30.8 Å². The van der Waals surface area contributed by atoms with E-state index in [1.54, 1.807) is 0 Å². The van der Waals surface area contributed by atoms with Crippen molar-refractivity contribution in [1.29, 1.82) is 0 Å². The van der Waals surface area contributed by atoms with Gasteiger partial charge in [0.25, 0.3) is 0 Å². The number of alkyl halides is 3. The van der Waals surface area contributed by atoms with Crippen molar-refractivity contribution in [2.24, 2.45) is 0 Å². The van der Waals surface area contributed by atoms with Crippen LogP contribution >= 0.6 is 0 Å². The van der Waals surface area contributed by atoms with Crippen molar-refractivity contribution in [3.8, 4) is 0 Å². The minimum atomic E-state index is -5.00. The Hall–Kier alpha value is -1.68. The second-order valence-electron chi connectivity index (χ2n) is 5.61. The zero-order chi connectivity index (χ0) is 18.1. The minimum Gasteiger partial charge on any atom is -0.341 e. The molecule has 1 aliphatic rings. The Kier molecular flexibility index (Phi) is 5.19. The first kappa shape index (κ1) is 18.7. The fourth-order valence-electron chi connectivity index (χ4n) is 2.49. The van der Waals surface area contributed by atoms with Crippen molar-refractivity contribution < 1.29 is 30.8 Å². The van der Waals surface area contributed by atoms with Crippen molar-refractivity contribution in [3.05, 3.63) is 29.6 Å². The molecule has 0 unspecified atom stereocenters. The van der Waals surface area contributed by atoms with E-state index in [0.717, 1.165) is 6.07 Å². The number of benzene rings is 1. The van der Waals surface area contributed by atoms with E-state index in [4.69, 9.17) is 0 Å². The van der Waals surface area contributed by atoms with Gasteiger partial charge in [-0.3, -0.25) is 4.79 Å². The standard InChI is InChI=1S/C14H16F4N2O3S/c1-9(8-20-6-2-3-13(20)21)19-24(22,23)10-4-5-12(15)11(7-10)14(16,17)18/h4-5,7,9,19H,2-3,6,8H2,1H3/t9-/m1/s1. The monoisotopic (exact) mass is 368 g/mol. The predicted octanol–water partition coefficient (Wildman–Crippen LogP) is 2.13. The molecule has 1 saturated heterocycles. The number of carbonyl (C=O) groups excluding carboxylic acids is 1. The lowest BCUT2D eigenvalue weighted by atomic mass is 10.2. The molecule has 0 radical (unpaired) electrons. The third-order valence-corrected chi connectivity index (χ3v) is 5.16. The van der Waals surface area contributed by atoms with E-state index in [1.807, 2.05) is 0 Å². The predicted molar refractivity (Wildman–Crippen MR) is 77.0 cm³/mol. The van der Waals surface area contributed by atoms with E-state index >= 15 is 0 Å². The summed E-state index contributed by atoms with van der Waals surface area (Å²) >= 11 is 0. The molecule has 0 spiro atoms. The third kappa shape index (κ3) is 4.23. The second-order valence-corrected chi connectivity index (χ2v) is 7.32. The zero-order valence-corrected chi connectivity index (χ0v) is 13.5. The van der Waals surface area contributed by atoms with Crippen molar-refractivity contribution in [2.75, 3.05) is 13.1 Å². The third-order valence-electron chi connectivity index (χ3n) is 3.58. The van der Waals surface area contributed by atoms with Crippen molar-refractivity contribution in [1.82, 2.24) is 9.62 Å². The molecule has 0 saturated carbocycles. The molecule has 1 aliphatic heterocycles. The number of sulfonamides is 1. The molecule has 1 atom stereocenters. The average molecular weight is 368 g/mol.